The lowest BCUT2D eigenvalue weighted by Crippen LogP contribution is -2.52. The van der Waals surface area contributed by atoms with Gasteiger partial charge in [0.1, 0.15) is 6.04 Å². The van der Waals surface area contributed by atoms with E-state index >= 15 is 0 Å². The molecule has 5 rings (SSSR count). The second kappa shape index (κ2) is 8.24. The van der Waals surface area contributed by atoms with E-state index in [2.05, 4.69) is 26.1 Å². The zero-order valence-corrected chi connectivity index (χ0v) is 17.2. The van der Waals surface area contributed by atoms with Crippen LogP contribution in [0.3, 0.4) is 0 Å². The van der Waals surface area contributed by atoms with Crippen molar-refractivity contribution in [3.63, 3.8) is 0 Å². The van der Waals surface area contributed by atoms with Crippen LogP contribution in [0, 0.1) is 0 Å². The number of nitrogens with one attached hydrogen (secondary N) is 4. The second-order valence-electron chi connectivity index (χ2n) is 8.45. The molecule has 4 heterocycles. The third-order valence-electron chi connectivity index (χ3n) is 6.53. The van der Waals surface area contributed by atoms with Crippen LogP contribution in [-0.2, 0) is 29.2 Å². The monoisotopic (exact) mass is 422 g/mol. The van der Waals surface area contributed by atoms with Crippen LogP contribution >= 0.6 is 0 Å². The van der Waals surface area contributed by atoms with E-state index in [1.54, 1.807) is 4.90 Å². The van der Waals surface area contributed by atoms with Crippen molar-refractivity contribution >= 4 is 17.7 Å². The molecule has 3 aliphatic rings. The fourth-order valence-corrected chi connectivity index (χ4v) is 4.86. The highest BCUT2D eigenvalue weighted by Crippen LogP contribution is 2.30. The number of aromatic nitrogens is 2. The molecule has 0 radical (unpaired) electrons. The zero-order chi connectivity index (χ0) is 21.4. The Hall–Kier alpha value is -3.04. The highest BCUT2D eigenvalue weighted by atomic mass is 16.2. The molecule has 4 N–H and O–H groups in total. The van der Waals surface area contributed by atoms with E-state index < -0.39 is 6.04 Å². The topological polar surface area (TPSA) is 119 Å². The predicted molar refractivity (Wildman–Crippen MR) is 112 cm³/mol. The molecule has 9 nitrogen and oxygen atoms in total. The first-order valence-electron chi connectivity index (χ1n) is 10.8. The van der Waals surface area contributed by atoms with Gasteiger partial charge in [-0.15, -0.1) is 0 Å². The van der Waals surface area contributed by atoms with Gasteiger partial charge in [0.15, 0.2) is 0 Å². The molecule has 2 unspecified atom stereocenters. The van der Waals surface area contributed by atoms with Gasteiger partial charge in [-0.3, -0.25) is 24.8 Å². The van der Waals surface area contributed by atoms with E-state index in [4.69, 9.17) is 0 Å². The Balaban J connectivity index is 1.26. The number of benzene rings is 1. The minimum Gasteiger partial charge on any atom is -0.322 e. The molecule has 9 heteroatoms. The molecule has 2 atom stereocenters. The van der Waals surface area contributed by atoms with Crippen molar-refractivity contribution in [2.75, 3.05) is 13.1 Å². The van der Waals surface area contributed by atoms with Gasteiger partial charge < -0.3 is 15.5 Å². The molecule has 3 aliphatic heterocycles. The van der Waals surface area contributed by atoms with Crippen LogP contribution in [0.15, 0.2) is 24.4 Å². The molecule has 2 aromatic rings. The van der Waals surface area contributed by atoms with Gasteiger partial charge in [0.2, 0.25) is 11.8 Å². The first-order chi connectivity index (χ1) is 15.1. The van der Waals surface area contributed by atoms with Crippen LogP contribution in [0.25, 0.3) is 0 Å². The number of imide groups is 1. The number of hydrogen-bond donors (Lipinski definition) is 4. The minimum atomic E-state index is -0.591. The van der Waals surface area contributed by atoms with Crippen molar-refractivity contribution < 1.29 is 14.4 Å². The predicted octanol–water partition coefficient (Wildman–Crippen LogP) is 0.537. The van der Waals surface area contributed by atoms with Crippen LogP contribution in [-0.4, -0.2) is 52.0 Å². The summed E-state index contributed by atoms with van der Waals surface area (Å²) in [7, 11) is 0. The zero-order valence-electron chi connectivity index (χ0n) is 17.2. The summed E-state index contributed by atoms with van der Waals surface area (Å²) in [6, 6.07) is 5.13. The van der Waals surface area contributed by atoms with Crippen LogP contribution in [0.2, 0.25) is 0 Å². The largest absolute Gasteiger partial charge is 0.322 e. The fraction of sp³-hybridized carbons (Fsp3) is 0.455. The molecule has 0 bridgehead atoms. The normalized spacial score (nSPS) is 23.4. The summed E-state index contributed by atoms with van der Waals surface area (Å²) < 4.78 is 0. The average molecular weight is 422 g/mol. The number of rotatable bonds is 6. The number of carbonyl (C=O) groups excluding carboxylic acids is 3. The molecule has 2 saturated heterocycles. The van der Waals surface area contributed by atoms with Crippen molar-refractivity contribution in [2.24, 2.45) is 0 Å². The number of carbonyl (C=O) groups is 3. The van der Waals surface area contributed by atoms with Crippen LogP contribution in [0.4, 0.5) is 0 Å². The van der Waals surface area contributed by atoms with Crippen molar-refractivity contribution in [3.05, 3.63) is 52.3 Å². The second-order valence-corrected chi connectivity index (χ2v) is 8.45. The van der Waals surface area contributed by atoms with Crippen molar-refractivity contribution in [1.29, 1.82) is 0 Å². The van der Waals surface area contributed by atoms with Gasteiger partial charge in [0.25, 0.3) is 5.91 Å². The van der Waals surface area contributed by atoms with E-state index in [0.29, 0.717) is 37.5 Å². The average Bonchev–Trinajstić information content (AvgIpc) is 3.49. The number of nitrogens with zero attached hydrogens (tertiary/aromatic N) is 2. The van der Waals surface area contributed by atoms with Gasteiger partial charge in [0, 0.05) is 55.3 Å². The third-order valence-corrected chi connectivity index (χ3v) is 6.53. The molecule has 3 amide bonds. The highest BCUT2D eigenvalue weighted by Gasteiger charge is 2.39. The lowest BCUT2D eigenvalue weighted by Gasteiger charge is -2.29. The number of fused-ring (bicyclic) bond motifs is 1. The summed E-state index contributed by atoms with van der Waals surface area (Å²) in [5.74, 6) is -0.328. The lowest BCUT2D eigenvalue weighted by molar-refractivity contribution is -0.136. The van der Waals surface area contributed by atoms with Crippen molar-refractivity contribution in [2.45, 2.75) is 50.9 Å². The third kappa shape index (κ3) is 3.75. The van der Waals surface area contributed by atoms with E-state index in [0.717, 1.165) is 30.6 Å². The van der Waals surface area contributed by atoms with E-state index in [-0.39, 0.29) is 24.1 Å². The Labute approximate surface area is 180 Å². The van der Waals surface area contributed by atoms with Crippen molar-refractivity contribution in [3.8, 4) is 0 Å². The Kier molecular flexibility index (Phi) is 5.29. The molecule has 162 valence electrons. The molecule has 31 heavy (non-hydrogen) atoms. The SMILES string of the molecule is O=C1CCC(N2Cc3c(CNCc4cn[nH]c4C4CCNC4)cccc3C2=O)C(=O)N1. The number of aromatic amines is 1. The fourth-order valence-electron chi connectivity index (χ4n) is 4.86. The molecule has 1 aromatic heterocycles. The summed E-state index contributed by atoms with van der Waals surface area (Å²) in [4.78, 5) is 38.3. The maximum Gasteiger partial charge on any atom is 0.255 e. The molecule has 2 fully saturated rings. The molecular weight excluding hydrogens is 396 g/mol. The van der Waals surface area contributed by atoms with Crippen LogP contribution < -0.4 is 16.0 Å². The lowest BCUT2D eigenvalue weighted by atomic mass is 10.0. The molecule has 0 aliphatic carbocycles. The summed E-state index contributed by atoms with van der Waals surface area (Å²) in [5.41, 5.74) is 5.01. The van der Waals surface area contributed by atoms with Gasteiger partial charge in [0.05, 0.1) is 6.20 Å². The quantitative estimate of drug-likeness (QED) is 0.505. The van der Waals surface area contributed by atoms with Gasteiger partial charge in [-0.05, 0) is 36.6 Å². The molecule has 0 saturated carbocycles. The minimum absolute atomic E-state index is 0.141. The first kappa shape index (κ1) is 19.9. The molecular formula is C22H26N6O3. The molecule has 1 aromatic carbocycles. The maximum atomic E-state index is 12.9. The number of H-pyrrole nitrogens is 1. The molecule has 0 spiro atoms. The van der Waals surface area contributed by atoms with Gasteiger partial charge in [-0.2, -0.15) is 5.10 Å². The van der Waals surface area contributed by atoms with Crippen LogP contribution in [0.5, 0.6) is 0 Å². The Bertz CT molecular complexity index is 1030. The smallest absolute Gasteiger partial charge is 0.255 e. The standard InChI is InChI=1S/C22H26N6O3/c29-19-5-4-18(21(30)26-19)28-12-17-13(2-1-3-16(17)22(28)31)8-24-10-15-11-25-27-20(15)14-6-7-23-9-14/h1-3,11,14,18,23-24H,4-10,12H2,(H,25,27)(H,26,29,30). The van der Waals surface area contributed by atoms with Crippen molar-refractivity contribution in [1.82, 2.24) is 31.0 Å². The summed E-state index contributed by atoms with van der Waals surface area (Å²) in [6.45, 7) is 3.71. The number of piperidine rings is 1. The summed E-state index contributed by atoms with van der Waals surface area (Å²) >= 11 is 0. The number of amides is 3. The van der Waals surface area contributed by atoms with Crippen LogP contribution in [0.1, 0.15) is 57.9 Å². The van der Waals surface area contributed by atoms with Gasteiger partial charge >= 0.3 is 0 Å². The highest BCUT2D eigenvalue weighted by molar-refractivity contribution is 6.05. The first-order valence-corrected chi connectivity index (χ1v) is 10.8. The summed E-state index contributed by atoms with van der Waals surface area (Å²) in [5, 5.41) is 16.6. The van der Waals surface area contributed by atoms with Gasteiger partial charge in [-0.25, -0.2) is 0 Å². The van der Waals surface area contributed by atoms with E-state index in [9.17, 15) is 14.4 Å². The Morgan fingerprint density at radius 1 is 1.13 bits per heavy atom. The number of hydrogen-bond acceptors (Lipinski definition) is 6. The Morgan fingerprint density at radius 3 is 2.81 bits per heavy atom. The maximum absolute atomic E-state index is 12.9. The summed E-state index contributed by atoms with van der Waals surface area (Å²) in [6.07, 6.45) is 3.62. The van der Waals surface area contributed by atoms with Gasteiger partial charge in [-0.1, -0.05) is 12.1 Å². The van der Waals surface area contributed by atoms with E-state index in [1.807, 2.05) is 24.4 Å². The Morgan fingerprint density at radius 2 is 2.00 bits per heavy atom. The van der Waals surface area contributed by atoms with E-state index in [1.165, 1.54) is 11.3 Å².